The highest BCUT2D eigenvalue weighted by Crippen LogP contribution is 2.38. The first-order valence-electron chi connectivity index (χ1n) is 9.62. The first-order chi connectivity index (χ1) is 14.0. The molecule has 0 bridgehead atoms. The van der Waals surface area contributed by atoms with Crippen molar-refractivity contribution in [3.05, 3.63) is 29.3 Å². The number of halogens is 2. The Bertz CT molecular complexity index is 896. The molecule has 1 aromatic heterocycles. The number of phenols is 1. The molecule has 0 spiro atoms. The first kappa shape index (κ1) is 19.8. The van der Waals surface area contributed by atoms with Gasteiger partial charge < -0.3 is 24.6 Å². The van der Waals surface area contributed by atoms with Gasteiger partial charge in [-0.25, -0.2) is 0 Å². The molecule has 0 aliphatic carbocycles. The largest absolute Gasteiger partial charge is 0.507 e. The minimum atomic E-state index is -2.96. The van der Waals surface area contributed by atoms with Gasteiger partial charge in [0.25, 0.3) is 0 Å². The fourth-order valence-corrected chi connectivity index (χ4v) is 4.15. The van der Waals surface area contributed by atoms with Crippen molar-refractivity contribution in [1.29, 1.82) is 0 Å². The molecule has 2 aliphatic heterocycles. The van der Waals surface area contributed by atoms with Gasteiger partial charge in [0.15, 0.2) is 5.82 Å². The zero-order chi connectivity index (χ0) is 20.5. The number of rotatable bonds is 4. The van der Waals surface area contributed by atoms with E-state index in [0.29, 0.717) is 24.5 Å². The molecule has 9 heteroatoms. The van der Waals surface area contributed by atoms with E-state index in [1.54, 1.807) is 0 Å². The van der Waals surface area contributed by atoms with Crippen LogP contribution in [0.4, 0.5) is 14.6 Å². The Morgan fingerprint density at radius 2 is 2.14 bits per heavy atom. The van der Waals surface area contributed by atoms with Crippen LogP contribution in [0.1, 0.15) is 24.0 Å². The van der Waals surface area contributed by atoms with E-state index >= 15 is 0 Å². The molecule has 1 fully saturated rings. The molecular weight excluding hydrogens is 384 g/mol. The maximum Gasteiger partial charge on any atom is 0.387 e. The first-order valence-corrected chi connectivity index (χ1v) is 9.62. The van der Waals surface area contributed by atoms with Crippen molar-refractivity contribution < 1.29 is 28.5 Å². The lowest BCUT2D eigenvalue weighted by molar-refractivity contribution is -0.0499. The SMILES string of the molecule is Cc1c(-c2ccc(OC(F)F)cc2O)nnc2c1CCCN2[C@@H]1CCOC[C@H]1O. The number of nitrogens with zero attached hydrogens (tertiary/aromatic N) is 3. The summed E-state index contributed by atoms with van der Waals surface area (Å²) >= 11 is 0. The normalized spacial score (nSPS) is 21.9. The van der Waals surface area contributed by atoms with Crippen LogP contribution in [0.2, 0.25) is 0 Å². The van der Waals surface area contributed by atoms with Gasteiger partial charge in [-0.1, -0.05) is 0 Å². The maximum atomic E-state index is 12.4. The van der Waals surface area contributed by atoms with Crippen molar-refractivity contribution in [2.75, 3.05) is 24.7 Å². The van der Waals surface area contributed by atoms with E-state index in [9.17, 15) is 19.0 Å². The fourth-order valence-electron chi connectivity index (χ4n) is 4.15. The predicted octanol–water partition coefficient (Wildman–Crippen LogP) is 2.66. The number of aliphatic hydroxyl groups is 1. The van der Waals surface area contributed by atoms with Crippen molar-refractivity contribution in [2.24, 2.45) is 0 Å². The number of aliphatic hydroxyl groups excluding tert-OH is 1. The molecule has 1 saturated heterocycles. The van der Waals surface area contributed by atoms with Crippen molar-refractivity contribution in [1.82, 2.24) is 10.2 Å². The number of ether oxygens (including phenoxy) is 2. The minimum Gasteiger partial charge on any atom is -0.507 e. The van der Waals surface area contributed by atoms with Gasteiger partial charge in [-0.3, -0.25) is 0 Å². The van der Waals surface area contributed by atoms with E-state index in [2.05, 4.69) is 19.8 Å². The summed E-state index contributed by atoms with van der Waals surface area (Å²) in [6.45, 7) is 0.640. The average molecular weight is 407 g/mol. The quantitative estimate of drug-likeness (QED) is 0.806. The molecule has 2 aromatic rings. The van der Waals surface area contributed by atoms with E-state index in [1.165, 1.54) is 12.1 Å². The van der Waals surface area contributed by atoms with Crippen molar-refractivity contribution in [2.45, 2.75) is 44.9 Å². The lowest BCUT2D eigenvalue weighted by Gasteiger charge is -2.41. The van der Waals surface area contributed by atoms with E-state index in [-0.39, 0.29) is 17.5 Å². The van der Waals surface area contributed by atoms with Gasteiger partial charge in [0, 0.05) is 30.3 Å². The number of benzene rings is 1. The van der Waals surface area contributed by atoms with Crippen LogP contribution in [-0.2, 0) is 11.2 Å². The highest BCUT2D eigenvalue weighted by atomic mass is 19.3. The topological polar surface area (TPSA) is 87.9 Å². The standard InChI is InChI=1S/C20H23F2N3O4/c1-11-13-3-2-7-25(15-6-8-28-10-17(15)27)19(13)24-23-18(11)14-5-4-12(9-16(14)26)29-20(21)22/h4-5,9,15,17,20,26-27H,2-3,6-8,10H2,1H3/t15-,17-/m1/s1. The monoisotopic (exact) mass is 407 g/mol. The molecule has 2 N–H and O–H groups in total. The van der Waals surface area contributed by atoms with Crippen LogP contribution >= 0.6 is 0 Å². The van der Waals surface area contributed by atoms with E-state index in [0.717, 1.165) is 48.8 Å². The molecule has 0 amide bonds. The number of hydrogen-bond donors (Lipinski definition) is 2. The smallest absolute Gasteiger partial charge is 0.387 e. The van der Waals surface area contributed by atoms with Gasteiger partial charge in [0.05, 0.1) is 24.4 Å². The Balaban J connectivity index is 1.68. The number of alkyl halides is 2. The van der Waals surface area contributed by atoms with Crippen molar-refractivity contribution >= 4 is 5.82 Å². The molecule has 2 atom stereocenters. The summed E-state index contributed by atoms with van der Waals surface area (Å²) in [6, 6.07) is 3.94. The zero-order valence-electron chi connectivity index (χ0n) is 16.0. The summed E-state index contributed by atoms with van der Waals surface area (Å²) in [6.07, 6.45) is 1.86. The number of hydrogen-bond acceptors (Lipinski definition) is 7. The molecule has 29 heavy (non-hydrogen) atoms. The molecule has 156 valence electrons. The Kier molecular flexibility index (Phi) is 5.51. The number of aromatic nitrogens is 2. The molecule has 0 radical (unpaired) electrons. The molecule has 2 aliphatic rings. The van der Waals surface area contributed by atoms with Crippen LogP contribution in [-0.4, -0.2) is 58.9 Å². The third-order valence-electron chi connectivity index (χ3n) is 5.56. The van der Waals surface area contributed by atoms with Gasteiger partial charge in [-0.2, -0.15) is 8.78 Å². The Hall–Kier alpha value is -2.52. The number of anilines is 1. The van der Waals surface area contributed by atoms with Gasteiger partial charge in [-0.15, -0.1) is 10.2 Å². The van der Waals surface area contributed by atoms with Gasteiger partial charge in [-0.05, 0) is 43.9 Å². The fraction of sp³-hybridized carbons (Fsp3) is 0.500. The van der Waals surface area contributed by atoms with Crippen molar-refractivity contribution in [3.8, 4) is 22.8 Å². The van der Waals surface area contributed by atoms with Crippen LogP contribution < -0.4 is 9.64 Å². The van der Waals surface area contributed by atoms with Crippen LogP contribution in [0.15, 0.2) is 18.2 Å². The van der Waals surface area contributed by atoms with E-state index < -0.39 is 12.7 Å². The van der Waals surface area contributed by atoms with Crippen LogP contribution in [0.25, 0.3) is 11.3 Å². The maximum absolute atomic E-state index is 12.4. The second kappa shape index (κ2) is 8.08. The van der Waals surface area contributed by atoms with Crippen LogP contribution in [0, 0.1) is 6.92 Å². The molecule has 4 rings (SSSR count). The second-order valence-electron chi connectivity index (χ2n) is 7.33. The van der Waals surface area contributed by atoms with Crippen LogP contribution in [0.3, 0.4) is 0 Å². The molecule has 7 nitrogen and oxygen atoms in total. The molecule has 3 heterocycles. The van der Waals surface area contributed by atoms with E-state index in [4.69, 9.17) is 4.74 Å². The molecule has 0 saturated carbocycles. The second-order valence-corrected chi connectivity index (χ2v) is 7.33. The number of fused-ring (bicyclic) bond motifs is 1. The highest BCUT2D eigenvalue weighted by Gasteiger charge is 2.34. The Morgan fingerprint density at radius 1 is 1.31 bits per heavy atom. The zero-order valence-corrected chi connectivity index (χ0v) is 16.0. The lowest BCUT2D eigenvalue weighted by atomic mass is 9.94. The summed E-state index contributed by atoms with van der Waals surface area (Å²) in [5.41, 5.74) is 2.80. The number of aromatic hydroxyl groups is 1. The van der Waals surface area contributed by atoms with Crippen molar-refractivity contribution in [3.63, 3.8) is 0 Å². The summed E-state index contributed by atoms with van der Waals surface area (Å²) in [7, 11) is 0. The van der Waals surface area contributed by atoms with Gasteiger partial charge >= 0.3 is 6.61 Å². The summed E-state index contributed by atoms with van der Waals surface area (Å²) in [4.78, 5) is 2.11. The minimum absolute atomic E-state index is 0.0680. The van der Waals surface area contributed by atoms with E-state index in [1.807, 2.05) is 6.92 Å². The Labute approximate surface area is 166 Å². The summed E-state index contributed by atoms with van der Waals surface area (Å²) < 4.78 is 34.4. The summed E-state index contributed by atoms with van der Waals surface area (Å²) in [5.74, 6) is 0.429. The molecule has 1 aromatic carbocycles. The third-order valence-corrected chi connectivity index (χ3v) is 5.56. The number of phenolic OH excluding ortho intramolecular Hbond substituents is 1. The summed E-state index contributed by atoms with van der Waals surface area (Å²) in [5, 5.41) is 29.4. The molecule has 0 unspecified atom stereocenters. The Morgan fingerprint density at radius 3 is 2.86 bits per heavy atom. The van der Waals surface area contributed by atoms with Gasteiger partial charge in [0.2, 0.25) is 0 Å². The lowest BCUT2D eigenvalue weighted by Crippen LogP contribution is -2.51. The average Bonchev–Trinajstić information content (AvgIpc) is 2.69. The predicted molar refractivity (Wildman–Crippen MR) is 101 cm³/mol. The third kappa shape index (κ3) is 3.84. The van der Waals surface area contributed by atoms with Crippen LogP contribution in [0.5, 0.6) is 11.5 Å². The molecular formula is C20H23F2N3O4. The highest BCUT2D eigenvalue weighted by molar-refractivity contribution is 5.73. The van der Waals surface area contributed by atoms with Gasteiger partial charge in [0.1, 0.15) is 11.5 Å².